The van der Waals surface area contributed by atoms with E-state index in [1.54, 1.807) is 12.4 Å². The van der Waals surface area contributed by atoms with E-state index in [9.17, 15) is 0 Å². The van der Waals surface area contributed by atoms with Crippen LogP contribution in [0.2, 0.25) is 5.15 Å². The molecule has 0 bridgehead atoms. The third-order valence-corrected chi connectivity index (χ3v) is 2.57. The number of anilines is 3. The van der Waals surface area contributed by atoms with E-state index in [-0.39, 0.29) is 0 Å². The Bertz CT molecular complexity index is 513. The van der Waals surface area contributed by atoms with E-state index in [4.69, 9.17) is 11.6 Å². The first kappa shape index (κ1) is 11.7. The highest BCUT2D eigenvalue weighted by atomic mass is 35.5. The molecule has 0 spiro atoms. The highest BCUT2D eigenvalue weighted by Gasteiger charge is 2.07. The van der Waals surface area contributed by atoms with Crippen LogP contribution in [0.25, 0.3) is 0 Å². The van der Waals surface area contributed by atoms with E-state index in [1.165, 1.54) is 0 Å². The number of halogens is 1. The molecule has 0 amide bonds. The Kier molecular flexibility index (Phi) is 3.44. The second-order valence-corrected chi connectivity index (χ2v) is 4.09. The standard InChI is InChI=1S/C12H13ClN4/c1-17(2)10-6-4-3-5-9(10)16-12-11(13)14-7-8-15-12/h3-8H,1-2H3,(H,15,16). The fraction of sp³-hybridized carbons (Fsp3) is 0.167. The van der Waals surface area contributed by atoms with Crippen LogP contribution in [0.15, 0.2) is 36.7 Å². The van der Waals surface area contributed by atoms with Crippen molar-refractivity contribution >= 4 is 28.8 Å². The fourth-order valence-corrected chi connectivity index (χ4v) is 1.65. The summed E-state index contributed by atoms with van der Waals surface area (Å²) < 4.78 is 0. The highest BCUT2D eigenvalue weighted by Crippen LogP contribution is 2.28. The summed E-state index contributed by atoms with van der Waals surface area (Å²) in [7, 11) is 3.97. The van der Waals surface area contributed by atoms with Gasteiger partial charge in [-0.25, -0.2) is 9.97 Å². The Hall–Kier alpha value is -1.81. The topological polar surface area (TPSA) is 41.0 Å². The molecule has 2 rings (SSSR count). The minimum atomic E-state index is 0.362. The van der Waals surface area contributed by atoms with Crippen molar-refractivity contribution in [1.82, 2.24) is 9.97 Å². The van der Waals surface area contributed by atoms with Gasteiger partial charge in [-0.1, -0.05) is 23.7 Å². The van der Waals surface area contributed by atoms with Gasteiger partial charge in [-0.2, -0.15) is 0 Å². The predicted octanol–water partition coefficient (Wildman–Crippen LogP) is 2.94. The van der Waals surface area contributed by atoms with E-state index in [1.807, 2.05) is 43.3 Å². The van der Waals surface area contributed by atoms with Gasteiger partial charge >= 0.3 is 0 Å². The van der Waals surface area contributed by atoms with E-state index >= 15 is 0 Å². The van der Waals surface area contributed by atoms with Crippen molar-refractivity contribution < 1.29 is 0 Å². The van der Waals surface area contributed by atoms with Gasteiger partial charge in [-0.15, -0.1) is 0 Å². The zero-order valence-corrected chi connectivity index (χ0v) is 10.4. The third kappa shape index (κ3) is 2.65. The number of para-hydroxylation sites is 2. The molecule has 0 unspecified atom stereocenters. The molecule has 1 aromatic heterocycles. The van der Waals surface area contributed by atoms with Crippen LogP contribution in [-0.4, -0.2) is 24.1 Å². The van der Waals surface area contributed by atoms with E-state index < -0.39 is 0 Å². The second kappa shape index (κ2) is 5.01. The van der Waals surface area contributed by atoms with Gasteiger partial charge in [0.1, 0.15) is 0 Å². The Labute approximate surface area is 105 Å². The Balaban J connectivity index is 2.34. The van der Waals surface area contributed by atoms with Crippen LogP contribution in [0, 0.1) is 0 Å². The monoisotopic (exact) mass is 248 g/mol. The van der Waals surface area contributed by atoms with Gasteiger partial charge in [0.25, 0.3) is 0 Å². The minimum Gasteiger partial charge on any atom is -0.376 e. The molecule has 0 atom stereocenters. The van der Waals surface area contributed by atoms with E-state index in [0.717, 1.165) is 11.4 Å². The van der Waals surface area contributed by atoms with Crippen LogP contribution in [0.3, 0.4) is 0 Å². The van der Waals surface area contributed by atoms with Crippen molar-refractivity contribution in [2.75, 3.05) is 24.3 Å². The Morgan fingerprint density at radius 1 is 1.12 bits per heavy atom. The normalized spacial score (nSPS) is 10.1. The first-order chi connectivity index (χ1) is 8.18. The Morgan fingerprint density at radius 2 is 1.82 bits per heavy atom. The molecule has 5 heteroatoms. The van der Waals surface area contributed by atoms with Crippen molar-refractivity contribution in [3.63, 3.8) is 0 Å². The quantitative estimate of drug-likeness (QED) is 0.907. The van der Waals surface area contributed by atoms with Crippen LogP contribution in [-0.2, 0) is 0 Å². The maximum absolute atomic E-state index is 5.96. The highest BCUT2D eigenvalue weighted by molar-refractivity contribution is 6.31. The lowest BCUT2D eigenvalue weighted by Gasteiger charge is -2.18. The summed E-state index contributed by atoms with van der Waals surface area (Å²) in [6.07, 6.45) is 3.16. The van der Waals surface area contributed by atoms with Crippen molar-refractivity contribution in [3.8, 4) is 0 Å². The summed E-state index contributed by atoms with van der Waals surface area (Å²) in [4.78, 5) is 10.1. The zero-order valence-electron chi connectivity index (χ0n) is 9.68. The first-order valence-corrected chi connectivity index (χ1v) is 5.56. The van der Waals surface area contributed by atoms with Crippen molar-refractivity contribution in [2.45, 2.75) is 0 Å². The number of rotatable bonds is 3. The summed E-state index contributed by atoms with van der Waals surface area (Å²) in [5.74, 6) is 0.559. The van der Waals surface area contributed by atoms with Crippen molar-refractivity contribution in [1.29, 1.82) is 0 Å². The van der Waals surface area contributed by atoms with Crippen LogP contribution >= 0.6 is 11.6 Å². The smallest absolute Gasteiger partial charge is 0.171 e. The van der Waals surface area contributed by atoms with Crippen molar-refractivity contribution in [3.05, 3.63) is 41.8 Å². The van der Waals surface area contributed by atoms with Gasteiger partial charge in [0.15, 0.2) is 11.0 Å². The molecule has 0 saturated carbocycles. The third-order valence-electron chi connectivity index (χ3n) is 2.29. The summed E-state index contributed by atoms with van der Waals surface area (Å²) in [6.45, 7) is 0. The molecule has 0 aliphatic heterocycles. The number of hydrogen-bond acceptors (Lipinski definition) is 4. The predicted molar refractivity (Wildman–Crippen MR) is 71.1 cm³/mol. The Morgan fingerprint density at radius 3 is 2.53 bits per heavy atom. The van der Waals surface area contributed by atoms with Gasteiger partial charge in [0, 0.05) is 26.5 Å². The number of aromatic nitrogens is 2. The molecule has 0 aliphatic carbocycles. The van der Waals surface area contributed by atoms with Gasteiger partial charge in [-0.05, 0) is 12.1 Å². The fourth-order valence-electron chi connectivity index (χ4n) is 1.50. The number of hydrogen-bond donors (Lipinski definition) is 1. The summed E-state index contributed by atoms with van der Waals surface area (Å²) in [6, 6.07) is 7.94. The molecule has 0 saturated heterocycles. The lowest BCUT2D eigenvalue weighted by atomic mass is 10.2. The molecular weight excluding hydrogens is 236 g/mol. The largest absolute Gasteiger partial charge is 0.376 e. The second-order valence-electron chi connectivity index (χ2n) is 3.73. The lowest BCUT2D eigenvalue weighted by molar-refractivity contribution is 1.13. The lowest BCUT2D eigenvalue weighted by Crippen LogP contribution is -2.11. The zero-order chi connectivity index (χ0) is 12.3. The molecule has 4 nitrogen and oxygen atoms in total. The molecule has 0 radical (unpaired) electrons. The molecule has 1 heterocycles. The maximum atomic E-state index is 5.96. The molecule has 88 valence electrons. The summed E-state index contributed by atoms with van der Waals surface area (Å²) >= 11 is 5.96. The molecule has 1 aromatic carbocycles. The molecular formula is C12H13ClN4. The maximum Gasteiger partial charge on any atom is 0.171 e. The molecule has 17 heavy (non-hydrogen) atoms. The van der Waals surface area contributed by atoms with Crippen LogP contribution in [0.1, 0.15) is 0 Å². The average Bonchev–Trinajstić information content (AvgIpc) is 2.32. The summed E-state index contributed by atoms with van der Waals surface area (Å²) in [5, 5.41) is 3.54. The molecule has 1 N–H and O–H groups in total. The van der Waals surface area contributed by atoms with Crippen molar-refractivity contribution in [2.24, 2.45) is 0 Å². The van der Waals surface area contributed by atoms with Crippen LogP contribution in [0.5, 0.6) is 0 Å². The average molecular weight is 249 g/mol. The van der Waals surface area contributed by atoms with Gasteiger partial charge < -0.3 is 10.2 Å². The van der Waals surface area contributed by atoms with Gasteiger partial charge in [0.05, 0.1) is 11.4 Å². The first-order valence-electron chi connectivity index (χ1n) is 5.18. The summed E-state index contributed by atoms with van der Waals surface area (Å²) in [5.41, 5.74) is 2.01. The number of nitrogens with zero attached hydrogens (tertiary/aromatic N) is 3. The SMILES string of the molecule is CN(C)c1ccccc1Nc1nccnc1Cl. The molecule has 0 fully saturated rings. The molecule has 2 aromatic rings. The van der Waals surface area contributed by atoms with E-state index in [0.29, 0.717) is 11.0 Å². The van der Waals surface area contributed by atoms with Gasteiger partial charge in [0.2, 0.25) is 0 Å². The number of benzene rings is 1. The molecule has 0 aliphatic rings. The van der Waals surface area contributed by atoms with E-state index in [2.05, 4.69) is 15.3 Å². The minimum absolute atomic E-state index is 0.362. The number of nitrogens with one attached hydrogen (secondary N) is 1. The van der Waals surface area contributed by atoms with Gasteiger partial charge in [-0.3, -0.25) is 0 Å². The van der Waals surface area contributed by atoms with Crippen LogP contribution < -0.4 is 10.2 Å². The van der Waals surface area contributed by atoms with Crippen LogP contribution in [0.4, 0.5) is 17.2 Å².